The average molecular weight is 450 g/mol. The van der Waals surface area contributed by atoms with Crippen LogP contribution in [0.3, 0.4) is 0 Å². The molecule has 0 amide bonds. The molecule has 4 heterocycles. The van der Waals surface area contributed by atoms with Gasteiger partial charge in [-0.25, -0.2) is 19.2 Å². The van der Waals surface area contributed by atoms with Crippen molar-refractivity contribution in [2.45, 2.75) is 18.9 Å². The quantitative estimate of drug-likeness (QED) is 0.328. The molecule has 0 spiro atoms. The number of aromatic amines is 2. The van der Waals surface area contributed by atoms with E-state index in [9.17, 15) is 14.3 Å². The van der Waals surface area contributed by atoms with Crippen LogP contribution in [-0.2, 0) is 0 Å². The molecule has 0 aliphatic heterocycles. The SMILES string of the molecule is O=c1[nH]c(O)c(/C=c2\cnn3c(=NC4CC4)cc(Nc4nc5ccc(F)cc5s4)nc23)[nH]1. The van der Waals surface area contributed by atoms with E-state index in [1.807, 2.05) is 0 Å². The fourth-order valence-corrected chi connectivity index (χ4v) is 4.22. The third-order valence-electron chi connectivity index (χ3n) is 4.96. The molecule has 1 aromatic carbocycles. The Hall–Kier alpha value is -4.06. The van der Waals surface area contributed by atoms with Crippen LogP contribution in [0.25, 0.3) is 21.9 Å². The van der Waals surface area contributed by atoms with Crippen molar-refractivity contribution < 1.29 is 9.50 Å². The maximum Gasteiger partial charge on any atom is 0.326 e. The number of H-pyrrole nitrogens is 2. The number of hydrogen-bond donors (Lipinski definition) is 4. The summed E-state index contributed by atoms with van der Waals surface area (Å²) >= 11 is 1.32. The first-order valence-corrected chi connectivity index (χ1v) is 10.6. The molecule has 1 saturated carbocycles. The van der Waals surface area contributed by atoms with Crippen molar-refractivity contribution in [1.82, 2.24) is 29.5 Å². The topological polar surface area (TPSA) is 136 Å². The molecule has 1 aliphatic carbocycles. The summed E-state index contributed by atoms with van der Waals surface area (Å²) in [6.45, 7) is 0. The Kier molecular flexibility index (Phi) is 4.08. The molecule has 0 saturated heterocycles. The Morgan fingerprint density at radius 1 is 1.28 bits per heavy atom. The lowest BCUT2D eigenvalue weighted by Crippen LogP contribution is -2.19. The largest absolute Gasteiger partial charge is 0.493 e. The van der Waals surface area contributed by atoms with Gasteiger partial charge in [0.05, 0.1) is 22.5 Å². The second-order valence-electron chi connectivity index (χ2n) is 7.44. The minimum absolute atomic E-state index is 0.221. The fraction of sp³-hybridized carbons (Fsp3) is 0.150. The van der Waals surface area contributed by atoms with Crippen LogP contribution in [0.5, 0.6) is 5.88 Å². The highest BCUT2D eigenvalue weighted by Gasteiger charge is 2.20. The molecular weight excluding hydrogens is 435 g/mol. The smallest absolute Gasteiger partial charge is 0.326 e. The first-order chi connectivity index (χ1) is 15.5. The van der Waals surface area contributed by atoms with Gasteiger partial charge in [0.1, 0.15) is 17.3 Å². The predicted octanol–water partition coefficient (Wildman–Crippen LogP) is 1.55. The van der Waals surface area contributed by atoms with Gasteiger partial charge in [-0.1, -0.05) is 11.3 Å². The summed E-state index contributed by atoms with van der Waals surface area (Å²) in [5, 5.41) is 18.6. The van der Waals surface area contributed by atoms with E-state index in [2.05, 4.69) is 30.4 Å². The molecule has 1 fully saturated rings. The number of nitrogens with one attached hydrogen (secondary N) is 3. The van der Waals surface area contributed by atoms with Crippen LogP contribution in [0.15, 0.2) is 40.2 Å². The Morgan fingerprint density at radius 2 is 2.16 bits per heavy atom. The zero-order chi connectivity index (χ0) is 21.8. The van der Waals surface area contributed by atoms with Crippen molar-refractivity contribution >= 4 is 44.2 Å². The van der Waals surface area contributed by atoms with Crippen LogP contribution in [0, 0.1) is 5.82 Å². The number of rotatable bonds is 4. The molecule has 5 aromatic rings. The molecule has 160 valence electrons. The standard InChI is InChI=1S/C20H15FN8O2S/c21-10-1-4-12-14(6-10)32-20(25-12)27-15-7-16(23-11-2-3-11)29-17(26-15)9(8-22-29)5-13-18(30)28-19(31)24-13/h1,4-8,11,30H,2-3H2,(H,25,27)(H2,24,28,31)/b9-5+,23-16?. The zero-order valence-corrected chi connectivity index (χ0v) is 17.1. The van der Waals surface area contributed by atoms with Crippen molar-refractivity contribution in [2.75, 3.05) is 5.32 Å². The van der Waals surface area contributed by atoms with Gasteiger partial charge >= 0.3 is 5.69 Å². The van der Waals surface area contributed by atoms with E-state index in [0.29, 0.717) is 32.8 Å². The van der Waals surface area contributed by atoms with E-state index in [1.165, 1.54) is 23.5 Å². The maximum atomic E-state index is 13.5. The summed E-state index contributed by atoms with van der Waals surface area (Å²) in [6, 6.07) is 6.48. The van der Waals surface area contributed by atoms with Gasteiger partial charge in [0.25, 0.3) is 0 Å². The van der Waals surface area contributed by atoms with Crippen LogP contribution in [0.4, 0.5) is 15.3 Å². The highest BCUT2D eigenvalue weighted by molar-refractivity contribution is 7.22. The third-order valence-corrected chi connectivity index (χ3v) is 5.90. The summed E-state index contributed by atoms with van der Waals surface area (Å²) in [6.07, 6.45) is 5.21. The number of nitrogens with zero attached hydrogens (tertiary/aromatic N) is 5. The molecule has 0 radical (unpaired) electrons. The van der Waals surface area contributed by atoms with E-state index < -0.39 is 5.69 Å². The van der Waals surface area contributed by atoms with Crippen LogP contribution in [-0.4, -0.2) is 40.7 Å². The lowest BCUT2D eigenvalue weighted by molar-refractivity contribution is 0.454. The van der Waals surface area contributed by atoms with Crippen LogP contribution in [0.1, 0.15) is 18.5 Å². The summed E-state index contributed by atoms with van der Waals surface area (Å²) < 4.78 is 15.9. The summed E-state index contributed by atoms with van der Waals surface area (Å²) in [4.78, 5) is 30.1. The molecule has 4 N–H and O–H groups in total. The zero-order valence-electron chi connectivity index (χ0n) is 16.3. The lowest BCUT2D eigenvalue weighted by atomic mass is 10.3. The number of hydrogen-bond acceptors (Lipinski definition) is 8. The summed E-state index contributed by atoms with van der Waals surface area (Å²) in [5.41, 5.74) is 1.51. The molecule has 10 nitrogen and oxygen atoms in total. The molecule has 0 unspecified atom stereocenters. The van der Waals surface area contributed by atoms with Gasteiger partial charge in [-0.3, -0.25) is 9.98 Å². The number of aromatic nitrogens is 6. The van der Waals surface area contributed by atoms with Gasteiger partial charge in [-0.05, 0) is 37.1 Å². The molecule has 0 atom stereocenters. The van der Waals surface area contributed by atoms with Crippen molar-refractivity contribution in [2.24, 2.45) is 4.99 Å². The Labute approximate surface area is 181 Å². The number of thiazole rings is 1. The number of anilines is 2. The predicted molar refractivity (Wildman–Crippen MR) is 116 cm³/mol. The highest BCUT2D eigenvalue weighted by atomic mass is 32.1. The monoisotopic (exact) mass is 450 g/mol. The second kappa shape index (κ2) is 6.99. The molecule has 32 heavy (non-hydrogen) atoms. The van der Waals surface area contributed by atoms with Crippen molar-refractivity contribution in [1.29, 1.82) is 0 Å². The fourth-order valence-electron chi connectivity index (χ4n) is 3.32. The minimum atomic E-state index is -0.516. The molecule has 1 aliphatic rings. The van der Waals surface area contributed by atoms with Gasteiger partial charge in [0.2, 0.25) is 5.88 Å². The van der Waals surface area contributed by atoms with Crippen molar-refractivity contribution in [3.8, 4) is 5.88 Å². The van der Waals surface area contributed by atoms with Gasteiger partial charge in [0.15, 0.2) is 16.3 Å². The second-order valence-corrected chi connectivity index (χ2v) is 8.47. The number of imidazole rings is 1. The van der Waals surface area contributed by atoms with Gasteiger partial charge < -0.3 is 15.4 Å². The molecule has 0 bridgehead atoms. The van der Waals surface area contributed by atoms with Crippen molar-refractivity contribution in [3.63, 3.8) is 0 Å². The van der Waals surface area contributed by atoms with Crippen molar-refractivity contribution in [3.05, 3.63) is 63.2 Å². The lowest BCUT2D eigenvalue weighted by Gasteiger charge is -2.03. The number of halogens is 1. The third kappa shape index (κ3) is 3.39. The average Bonchev–Trinajstić information content (AvgIpc) is 3.19. The first kappa shape index (κ1) is 18.7. The van der Waals surface area contributed by atoms with Crippen LogP contribution in [0.2, 0.25) is 0 Å². The molecule has 6 rings (SSSR count). The summed E-state index contributed by atoms with van der Waals surface area (Å²) in [7, 11) is 0. The van der Waals surface area contributed by atoms with E-state index >= 15 is 0 Å². The first-order valence-electron chi connectivity index (χ1n) is 9.80. The number of fused-ring (bicyclic) bond motifs is 2. The van der Waals surface area contributed by atoms with Crippen LogP contribution >= 0.6 is 11.3 Å². The van der Waals surface area contributed by atoms with E-state index in [0.717, 1.165) is 17.5 Å². The Balaban J connectivity index is 1.50. The molecule has 12 heteroatoms. The van der Waals surface area contributed by atoms with Crippen LogP contribution < -0.4 is 21.7 Å². The molecular formula is C20H15FN8O2S. The highest BCUT2D eigenvalue weighted by Crippen LogP contribution is 2.28. The minimum Gasteiger partial charge on any atom is -0.493 e. The van der Waals surface area contributed by atoms with E-state index in [-0.39, 0.29) is 23.4 Å². The molecule has 4 aromatic heterocycles. The maximum absolute atomic E-state index is 13.5. The van der Waals surface area contributed by atoms with E-state index in [4.69, 9.17) is 4.99 Å². The normalized spacial score (nSPS) is 15.3. The number of aromatic hydroxyl groups is 1. The van der Waals surface area contributed by atoms with Gasteiger partial charge in [0, 0.05) is 11.3 Å². The van der Waals surface area contributed by atoms with Gasteiger partial charge in [-0.15, -0.1) is 0 Å². The Bertz CT molecular complexity index is 1680. The number of benzene rings is 1. The summed E-state index contributed by atoms with van der Waals surface area (Å²) in [5.74, 6) is -0.0881. The van der Waals surface area contributed by atoms with E-state index in [1.54, 1.807) is 28.9 Å². The van der Waals surface area contributed by atoms with Gasteiger partial charge in [-0.2, -0.15) is 9.61 Å². The Morgan fingerprint density at radius 3 is 2.94 bits per heavy atom.